The van der Waals surface area contributed by atoms with Crippen molar-refractivity contribution in [2.45, 2.75) is 13.1 Å². The Morgan fingerprint density at radius 1 is 0.237 bits per heavy atom. The molecule has 0 saturated carbocycles. The molecule has 10 aromatic carbocycles. The van der Waals surface area contributed by atoms with Gasteiger partial charge in [0, 0.05) is 0 Å². The van der Waals surface area contributed by atoms with Crippen LogP contribution in [0.25, 0.3) is 99.4 Å². The third-order valence-corrected chi connectivity index (χ3v) is 16.3. The molecule has 1 heterocycles. The lowest BCUT2D eigenvalue weighted by molar-refractivity contribution is 1.58. The van der Waals surface area contributed by atoms with Gasteiger partial charge in [-0.2, -0.15) is 0 Å². The minimum atomic E-state index is -2.00. The molecule has 59 heavy (non-hydrogen) atoms. The van der Waals surface area contributed by atoms with Crippen molar-refractivity contribution in [2.24, 2.45) is 0 Å². The molecule has 0 saturated heterocycles. The Labute approximate surface area is 347 Å². The SMILES string of the molecule is C[Si]1(C)c2ccccc2-c2cc3c(-c4ccccc4-c4ccc(-c5ccccc5)cc4)c4ccccc4c(-c4ccccc4-c4ccc(-c5ccccc5)cc4)c3cc21. The van der Waals surface area contributed by atoms with Gasteiger partial charge in [-0.25, -0.2) is 0 Å². The number of fused-ring (bicyclic) bond motifs is 5. The van der Waals surface area contributed by atoms with E-state index in [0.29, 0.717) is 0 Å². The molecule has 1 aliphatic heterocycles. The second kappa shape index (κ2) is 14.1. The van der Waals surface area contributed by atoms with Crippen LogP contribution in [-0.2, 0) is 0 Å². The van der Waals surface area contributed by atoms with Gasteiger partial charge in [-0.05, 0) is 116 Å². The molecule has 0 spiro atoms. The highest BCUT2D eigenvalue weighted by Gasteiger charge is 2.38. The summed E-state index contributed by atoms with van der Waals surface area (Å²) in [5.41, 5.74) is 17.7. The molecule has 10 aromatic rings. The zero-order chi connectivity index (χ0) is 39.5. The third kappa shape index (κ3) is 5.81. The van der Waals surface area contributed by atoms with Crippen molar-refractivity contribution in [2.75, 3.05) is 0 Å². The molecule has 0 nitrogen and oxygen atoms in total. The predicted octanol–water partition coefficient (Wildman–Crippen LogP) is 14.8. The van der Waals surface area contributed by atoms with Gasteiger partial charge in [0.15, 0.2) is 0 Å². The standard InChI is InChI=1S/C58H42Si/c1-59(2)55-28-16-15-23-47(55)52-37-53-54(38-56(52)59)58(49-25-12-10-22-46(49)44-35-31-42(32-36-44)40-19-7-4-8-20-40)51-27-14-13-26-50(51)57(53)48-24-11-9-21-45(48)43-33-29-41(30-34-43)39-17-5-3-6-18-39/h3-38H,1-2H3. The summed E-state index contributed by atoms with van der Waals surface area (Å²) in [5, 5.41) is 8.18. The first-order chi connectivity index (χ1) is 29.0. The number of hydrogen-bond donors (Lipinski definition) is 0. The fraction of sp³-hybridized carbons (Fsp3) is 0.0345. The largest absolute Gasteiger partial charge is 0.113 e. The Morgan fingerprint density at radius 3 is 1.08 bits per heavy atom. The zero-order valence-corrected chi connectivity index (χ0v) is 34.3. The van der Waals surface area contributed by atoms with E-state index in [0.717, 1.165) is 0 Å². The first kappa shape index (κ1) is 35.1. The van der Waals surface area contributed by atoms with E-state index in [4.69, 9.17) is 0 Å². The summed E-state index contributed by atoms with van der Waals surface area (Å²) in [7, 11) is -2.00. The van der Waals surface area contributed by atoms with Crippen molar-refractivity contribution in [1.29, 1.82) is 0 Å². The van der Waals surface area contributed by atoms with E-state index < -0.39 is 8.07 Å². The molecule has 0 bridgehead atoms. The van der Waals surface area contributed by atoms with Crippen LogP contribution in [-0.4, -0.2) is 8.07 Å². The Morgan fingerprint density at radius 2 is 0.593 bits per heavy atom. The summed E-state index contributed by atoms with van der Waals surface area (Å²) in [4.78, 5) is 0. The molecular formula is C58H42Si. The van der Waals surface area contributed by atoms with Gasteiger partial charge >= 0.3 is 0 Å². The molecule has 0 aromatic heterocycles. The minimum absolute atomic E-state index is 1.21. The fourth-order valence-electron chi connectivity index (χ4n) is 9.80. The molecular weight excluding hydrogens is 725 g/mol. The van der Waals surface area contributed by atoms with Gasteiger partial charge < -0.3 is 0 Å². The molecule has 0 atom stereocenters. The van der Waals surface area contributed by atoms with Crippen LogP contribution in [0.4, 0.5) is 0 Å². The number of hydrogen-bond acceptors (Lipinski definition) is 0. The fourth-order valence-corrected chi connectivity index (χ4v) is 12.9. The van der Waals surface area contributed by atoms with Crippen LogP contribution in [0.15, 0.2) is 218 Å². The minimum Gasteiger partial charge on any atom is -0.0623 e. The van der Waals surface area contributed by atoms with Crippen LogP contribution in [0.1, 0.15) is 0 Å². The van der Waals surface area contributed by atoms with E-state index >= 15 is 0 Å². The summed E-state index contributed by atoms with van der Waals surface area (Å²) in [6.45, 7) is 5.06. The van der Waals surface area contributed by atoms with Gasteiger partial charge in [-0.3, -0.25) is 0 Å². The highest BCUT2D eigenvalue weighted by molar-refractivity contribution is 7.04. The van der Waals surface area contributed by atoms with Crippen molar-refractivity contribution in [3.05, 3.63) is 218 Å². The average Bonchev–Trinajstić information content (AvgIpc) is 3.53. The van der Waals surface area contributed by atoms with Crippen LogP contribution >= 0.6 is 0 Å². The summed E-state index contributed by atoms with van der Waals surface area (Å²) in [5.74, 6) is 0. The smallest absolute Gasteiger partial charge is 0.0623 e. The maximum Gasteiger partial charge on any atom is 0.113 e. The highest BCUT2D eigenvalue weighted by atomic mass is 28.3. The normalized spacial score (nSPS) is 12.7. The second-order valence-electron chi connectivity index (χ2n) is 16.4. The highest BCUT2D eigenvalue weighted by Crippen LogP contribution is 2.49. The summed E-state index contributed by atoms with van der Waals surface area (Å²) >= 11 is 0. The van der Waals surface area contributed by atoms with Crippen LogP contribution in [0.5, 0.6) is 0 Å². The molecule has 0 radical (unpaired) electrons. The Balaban J connectivity index is 1.19. The molecule has 0 fully saturated rings. The summed E-state index contributed by atoms with van der Waals surface area (Å²) in [6.07, 6.45) is 0. The van der Waals surface area contributed by atoms with Gasteiger partial charge in [0.05, 0.1) is 0 Å². The topological polar surface area (TPSA) is 0 Å². The Kier molecular flexibility index (Phi) is 8.39. The first-order valence-electron chi connectivity index (χ1n) is 20.7. The molecule has 1 aliphatic rings. The van der Waals surface area contributed by atoms with Crippen molar-refractivity contribution < 1.29 is 0 Å². The maximum atomic E-state index is 2.61. The molecule has 11 rings (SSSR count). The molecule has 278 valence electrons. The van der Waals surface area contributed by atoms with Gasteiger partial charge in [0.25, 0.3) is 0 Å². The number of rotatable bonds is 6. The van der Waals surface area contributed by atoms with Crippen molar-refractivity contribution in [3.63, 3.8) is 0 Å². The van der Waals surface area contributed by atoms with Crippen LogP contribution in [0.2, 0.25) is 13.1 Å². The van der Waals surface area contributed by atoms with Gasteiger partial charge in [0.2, 0.25) is 0 Å². The average molecular weight is 767 g/mol. The number of benzene rings is 10. The zero-order valence-electron chi connectivity index (χ0n) is 33.3. The lowest BCUT2D eigenvalue weighted by Crippen LogP contribution is -2.49. The van der Waals surface area contributed by atoms with Crippen LogP contribution in [0.3, 0.4) is 0 Å². The first-order valence-corrected chi connectivity index (χ1v) is 23.7. The van der Waals surface area contributed by atoms with Crippen LogP contribution < -0.4 is 10.4 Å². The quantitative estimate of drug-likeness (QED) is 0.117. The lowest BCUT2D eigenvalue weighted by atomic mass is 9.81. The maximum absolute atomic E-state index is 2.61. The van der Waals surface area contributed by atoms with Crippen molar-refractivity contribution in [1.82, 2.24) is 0 Å². The molecule has 0 amide bonds. The summed E-state index contributed by atoms with van der Waals surface area (Å²) < 4.78 is 0. The van der Waals surface area contributed by atoms with Crippen LogP contribution in [0, 0.1) is 0 Å². The summed E-state index contributed by atoms with van der Waals surface area (Å²) in [6, 6.07) is 81.1. The van der Waals surface area contributed by atoms with Crippen molar-refractivity contribution in [3.8, 4) is 77.9 Å². The lowest BCUT2D eigenvalue weighted by Gasteiger charge is -2.24. The Bertz CT molecular complexity index is 3190. The molecule has 0 N–H and O–H groups in total. The molecule has 0 unspecified atom stereocenters. The van der Waals surface area contributed by atoms with E-state index in [-0.39, 0.29) is 0 Å². The third-order valence-electron chi connectivity index (χ3n) is 12.7. The van der Waals surface area contributed by atoms with E-state index in [1.54, 1.807) is 0 Å². The van der Waals surface area contributed by atoms with E-state index in [2.05, 4.69) is 231 Å². The van der Waals surface area contributed by atoms with Gasteiger partial charge in [0.1, 0.15) is 8.07 Å². The predicted molar refractivity (Wildman–Crippen MR) is 256 cm³/mol. The monoisotopic (exact) mass is 766 g/mol. The molecule has 0 aliphatic carbocycles. The van der Waals surface area contributed by atoms with E-state index in [1.807, 2.05) is 0 Å². The van der Waals surface area contributed by atoms with Gasteiger partial charge in [-0.1, -0.05) is 225 Å². The van der Waals surface area contributed by atoms with E-state index in [1.165, 1.54) is 110 Å². The van der Waals surface area contributed by atoms with Gasteiger partial charge in [-0.15, -0.1) is 0 Å². The Hall–Kier alpha value is -7.06. The van der Waals surface area contributed by atoms with E-state index in [9.17, 15) is 0 Å². The van der Waals surface area contributed by atoms with Crippen molar-refractivity contribution >= 4 is 40.0 Å². The molecule has 1 heteroatoms. The second-order valence-corrected chi connectivity index (χ2v) is 20.7.